The van der Waals surface area contributed by atoms with E-state index < -0.39 is 32.5 Å². The lowest BCUT2D eigenvalue weighted by Gasteiger charge is -2.08. The van der Waals surface area contributed by atoms with Crippen LogP contribution in [0.4, 0.5) is 0 Å². The molecule has 0 amide bonds. The number of esters is 1. The van der Waals surface area contributed by atoms with Gasteiger partial charge in [0.2, 0.25) is 0 Å². The molecule has 0 aromatic heterocycles. The molecule has 0 fully saturated rings. The van der Waals surface area contributed by atoms with Gasteiger partial charge in [0.15, 0.2) is 4.91 Å². The molecule has 0 saturated heterocycles. The summed E-state index contributed by atoms with van der Waals surface area (Å²) in [6.45, 7) is 4.55. The van der Waals surface area contributed by atoms with Crippen molar-refractivity contribution in [2.75, 3.05) is 6.61 Å². The summed E-state index contributed by atoms with van der Waals surface area (Å²) in [5.74, 6) is -3.01. The number of carbonyl (C=O) groups is 2. The van der Waals surface area contributed by atoms with Crippen LogP contribution in [0.15, 0.2) is 23.1 Å². The van der Waals surface area contributed by atoms with Crippen molar-refractivity contribution in [3.05, 3.63) is 23.1 Å². The zero-order valence-corrected chi connectivity index (χ0v) is 10.6. The van der Waals surface area contributed by atoms with Crippen LogP contribution in [0.2, 0.25) is 0 Å². The van der Waals surface area contributed by atoms with Crippen molar-refractivity contribution >= 4 is 22.1 Å². The molecule has 0 aromatic carbocycles. The van der Waals surface area contributed by atoms with Gasteiger partial charge in [0.05, 0.1) is 5.57 Å². The van der Waals surface area contributed by atoms with E-state index in [-0.39, 0.29) is 19.4 Å². The fourth-order valence-electron chi connectivity index (χ4n) is 1.15. The molecule has 0 rings (SSSR count). The number of carbonyl (C=O) groups excluding carboxylic acids is 1. The topological polar surface area (TPSA) is 118 Å². The van der Waals surface area contributed by atoms with Gasteiger partial charge in [0.1, 0.15) is 6.61 Å². The minimum absolute atomic E-state index is 0.187. The standard InChI is InChI=1S/C10H14O7S/c1-3-5-7(9(11)12)8(18(14,15)16)10(13)17-6-4-2/h4H,2-3,5-6H2,1H3,(H,11,12)(H,14,15,16)/b8-7+. The summed E-state index contributed by atoms with van der Waals surface area (Å²) in [6, 6.07) is 0. The maximum absolute atomic E-state index is 11.4. The average Bonchev–Trinajstić information content (AvgIpc) is 2.23. The second-order valence-corrected chi connectivity index (χ2v) is 4.58. The zero-order valence-electron chi connectivity index (χ0n) is 9.75. The minimum atomic E-state index is -4.97. The molecule has 0 atom stereocenters. The van der Waals surface area contributed by atoms with E-state index in [0.717, 1.165) is 0 Å². The molecule has 0 heterocycles. The van der Waals surface area contributed by atoms with E-state index in [1.54, 1.807) is 6.92 Å². The number of hydrogen-bond acceptors (Lipinski definition) is 5. The fraction of sp³-hybridized carbons (Fsp3) is 0.400. The van der Waals surface area contributed by atoms with E-state index in [9.17, 15) is 18.0 Å². The van der Waals surface area contributed by atoms with Crippen LogP contribution in [-0.2, 0) is 24.4 Å². The molecule has 8 heteroatoms. The highest BCUT2D eigenvalue weighted by Crippen LogP contribution is 2.18. The third kappa shape index (κ3) is 4.68. The summed E-state index contributed by atoms with van der Waals surface area (Å²) in [5, 5.41) is 8.85. The average molecular weight is 278 g/mol. The van der Waals surface area contributed by atoms with E-state index in [1.165, 1.54) is 6.08 Å². The number of rotatable bonds is 7. The third-order valence-corrected chi connectivity index (χ3v) is 2.74. The van der Waals surface area contributed by atoms with E-state index in [4.69, 9.17) is 9.66 Å². The first-order valence-electron chi connectivity index (χ1n) is 4.97. The molecule has 0 aliphatic heterocycles. The maximum atomic E-state index is 11.4. The Balaban J connectivity index is 5.72. The van der Waals surface area contributed by atoms with Crippen LogP contribution in [0, 0.1) is 0 Å². The van der Waals surface area contributed by atoms with Gasteiger partial charge >= 0.3 is 22.1 Å². The molecular weight excluding hydrogens is 264 g/mol. The Morgan fingerprint density at radius 1 is 1.39 bits per heavy atom. The Morgan fingerprint density at radius 2 is 1.94 bits per heavy atom. The number of aliphatic carboxylic acids is 1. The Hall–Kier alpha value is -1.67. The maximum Gasteiger partial charge on any atom is 0.353 e. The van der Waals surface area contributed by atoms with Crippen LogP contribution in [0.25, 0.3) is 0 Å². The molecule has 0 aliphatic carbocycles. The molecule has 102 valence electrons. The molecule has 0 unspecified atom stereocenters. The fourth-order valence-corrected chi connectivity index (χ4v) is 1.92. The Labute approximate surface area is 105 Å². The van der Waals surface area contributed by atoms with Gasteiger partial charge < -0.3 is 9.84 Å². The minimum Gasteiger partial charge on any atom is -0.478 e. The molecule has 18 heavy (non-hydrogen) atoms. The third-order valence-electron chi connectivity index (χ3n) is 1.81. The highest BCUT2D eigenvalue weighted by molar-refractivity contribution is 7.90. The van der Waals surface area contributed by atoms with Crippen molar-refractivity contribution in [3.63, 3.8) is 0 Å². The summed E-state index contributed by atoms with van der Waals surface area (Å²) in [6.07, 6.45) is 1.28. The number of ether oxygens (including phenoxy) is 1. The summed E-state index contributed by atoms with van der Waals surface area (Å²) < 4.78 is 35.5. The second kappa shape index (κ2) is 6.92. The molecule has 7 nitrogen and oxygen atoms in total. The first kappa shape index (κ1) is 16.3. The van der Waals surface area contributed by atoms with Gasteiger partial charge in [-0.25, -0.2) is 9.59 Å². The largest absolute Gasteiger partial charge is 0.478 e. The number of carboxylic acids is 1. The lowest BCUT2D eigenvalue weighted by molar-refractivity contribution is -0.138. The molecule has 0 aromatic rings. The van der Waals surface area contributed by atoms with Gasteiger partial charge in [0, 0.05) is 0 Å². The number of carboxylic acid groups (broad SMARTS) is 1. The predicted octanol–water partition coefficient (Wildman–Crippen LogP) is 0.742. The van der Waals surface area contributed by atoms with E-state index in [0.29, 0.717) is 0 Å². The van der Waals surface area contributed by atoms with Crippen LogP contribution in [0.5, 0.6) is 0 Å². The molecule has 0 aliphatic rings. The lowest BCUT2D eigenvalue weighted by atomic mass is 10.1. The van der Waals surface area contributed by atoms with Gasteiger partial charge in [-0.1, -0.05) is 26.0 Å². The van der Waals surface area contributed by atoms with Gasteiger partial charge in [-0.3, -0.25) is 4.55 Å². The van der Waals surface area contributed by atoms with Crippen LogP contribution in [-0.4, -0.2) is 36.6 Å². The monoisotopic (exact) mass is 278 g/mol. The van der Waals surface area contributed by atoms with E-state index in [2.05, 4.69) is 11.3 Å². The molecule has 0 spiro atoms. The quantitative estimate of drug-likeness (QED) is 0.305. The summed E-state index contributed by atoms with van der Waals surface area (Å²) in [7, 11) is -4.97. The molecule has 0 radical (unpaired) electrons. The first-order valence-corrected chi connectivity index (χ1v) is 6.41. The summed E-state index contributed by atoms with van der Waals surface area (Å²) in [5.41, 5.74) is -0.700. The van der Waals surface area contributed by atoms with Crippen molar-refractivity contribution < 1.29 is 32.4 Å². The lowest BCUT2D eigenvalue weighted by Crippen LogP contribution is -2.21. The van der Waals surface area contributed by atoms with Gasteiger partial charge in [-0.05, 0) is 6.42 Å². The van der Waals surface area contributed by atoms with Gasteiger partial charge in [-0.2, -0.15) is 8.42 Å². The number of hydrogen-bond donors (Lipinski definition) is 2. The summed E-state index contributed by atoms with van der Waals surface area (Å²) >= 11 is 0. The first-order chi connectivity index (χ1) is 8.25. The van der Waals surface area contributed by atoms with Crippen molar-refractivity contribution in [2.45, 2.75) is 19.8 Å². The smallest absolute Gasteiger partial charge is 0.353 e. The Morgan fingerprint density at radius 3 is 2.28 bits per heavy atom. The second-order valence-electron chi connectivity index (χ2n) is 3.23. The molecule has 0 bridgehead atoms. The van der Waals surface area contributed by atoms with Crippen molar-refractivity contribution in [3.8, 4) is 0 Å². The van der Waals surface area contributed by atoms with Crippen LogP contribution in [0.1, 0.15) is 19.8 Å². The Bertz CT molecular complexity index is 472. The predicted molar refractivity (Wildman–Crippen MR) is 62.3 cm³/mol. The van der Waals surface area contributed by atoms with Crippen molar-refractivity contribution in [1.82, 2.24) is 0 Å². The van der Waals surface area contributed by atoms with Crippen molar-refractivity contribution in [1.29, 1.82) is 0 Å². The molecular formula is C10H14O7S. The SMILES string of the molecule is C=CCOC(=O)/C(=C(/CCC)C(=O)O)S(=O)(=O)O. The van der Waals surface area contributed by atoms with Crippen LogP contribution >= 0.6 is 0 Å². The van der Waals surface area contributed by atoms with E-state index >= 15 is 0 Å². The molecule has 2 N–H and O–H groups in total. The zero-order chi connectivity index (χ0) is 14.3. The normalized spacial score (nSPS) is 12.6. The highest BCUT2D eigenvalue weighted by Gasteiger charge is 2.31. The Kier molecular flexibility index (Phi) is 6.28. The van der Waals surface area contributed by atoms with Crippen molar-refractivity contribution in [2.24, 2.45) is 0 Å². The van der Waals surface area contributed by atoms with Gasteiger partial charge in [0.25, 0.3) is 0 Å². The highest BCUT2D eigenvalue weighted by atomic mass is 32.2. The van der Waals surface area contributed by atoms with Gasteiger partial charge in [-0.15, -0.1) is 0 Å². The molecule has 0 saturated carbocycles. The van der Waals surface area contributed by atoms with Crippen LogP contribution in [0.3, 0.4) is 0 Å². The van der Waals surface area contributed by atoms with Crippen LogP contribution < -0.4 is 0 Å². The van der Waals surface area contributed by atoms with E-state index in [1.807, 2.05) is 0 Å². The summed E-state index contributed by atoms with van der Waals surface area (Å²) in [4.78, 5) is 21.1.